The lowest BCUT2D eigenvalue weighted by atomic mass is 9.81. The van der Waals surface area contributed by atoms with Crippen molar-refractivity contribution in [3.63, 3.8) is 0 Å². The summed E-state index contributed by atoms with van der Waals surface area (Å²) in [6.45, 7) is 5.82. The minimum absolute atomic E-state index is 0.144. The van der Waals surface area contributed by atoms with E-state index in [-0.39, 0.29) is 6.04 Å². The first-order chi connectivity index (χ1) is 8.97. The highest BCUT2D eigenvalue weighted by molar-refractivity contribution is 5.20. The summed E-state index contributed by atoms with van der Waals surface area (Å²) in [5.41, 5.74) is 0.840. The van der Waals surface area contributed by atoms with Gasteiger partial charge in [-0.05, 0) is 57.9 Å². The number of rotatable bonds is 4. The van der Waals surface area contributed by atoms with Crippen LogP contribution in [0.15, 0.2) is 30.3 Å². The zero-order chi connectivity index (χ0) is 13.9. The molecule has 2 heteroatoms. The molecule has 0 amide bonds. The van der Waals surface area contributed by atoms with Gasteiger partial charge in [0.05, 0.1) is 5.60 Å². The molecule has 1 fully saturated rings. The Hall–Kier alpha value is -0.860. The first-order valence-corrected chi connectivity index (χ1v) is 7.50. The molecule has 0 aliphatic heterocycles. The lowest BCUT2D eigenvalue weighted by Crippen LogP contribution is -2.49. The minimum atomic E-state index is -0.643. The highest BCUT2D eigenvalue weighted by Crippen LogP contribution is 2.33. The van der Waals surface area contributed by atoms with E-state index in [1.54, 1.807) is 0 Å². The standard InChI is InChI=1S/C17H27NO/c1-13(17(2,3)19)18-16-11-9-15(10-12-16)14-7-5-4-6-8-14/h4-8,13,15-16,18-19H,9-12H2,1-3H3. The van der Waals surface area contributed by atoms with Gasteiger partial charge in [0.1, 0.15) is 0 Å². The second-order valence-electron chi connectivity index (χ2n) is 6.50. The second kappa shape index (κ2) is 6.06. The molecule has 0 bridgehead atoms. The van der Waals surface area contributed by atoms with Gasteiger partial charge in [0.2, 0.25) is 0 Å². The molecule has 1 aliphatic carbocycles. The Balaban J connectivity index is 1.83. The van der Waals surface area contributed by atoms with Crippen LogP contribution < -0.4 is 5.32 Å². The van der Waals surface area contributed by atoms with E-state index in [4.69, 9.17) is 0 Å². The molecule has 1 aromatic carbocycles. The molecule has 106 valence electrons. The fourth-order valence-corrected chi connectivity index (χ4v) is 2.88. The third kappa shape index (κ3) is 4.05. The molecule has 2 N–H and O–H groups in total. The van der Waals surface area contributed by atoms with Gasteiger partial charge in [0.15, 0.2) is 0 Å². The van der Waals surface area contributed by atoms with Crippen molar-refractivity contribution < 1.29 is 5.11 Å². The van der Waals surface area contributed by atoms with Gasteiger partial charge in [-0.1, -0.05) is 30.3 Å². The molecule has 0 spiro atoms. The van der Waals surface area contributed by atoms with Crippen LogP contribution in [-0.4, -0.2) is 22.8 Å². The zero-order valence-corrected chi connectivity index (χ0v) is 12.4. The molecule has 2 rings (SSSR count). The van der Waals surface area contributed by atoms with E-state index in [0.717, 1.165) is 5.92 Å². The first-order valence-electron chi connectivity index (χ1n) is 7.50. The van der Waals surface area contributed by atoms with Crippen molar-refractivity contribution >= 4 is 0 Å². The Morgan fingerprint density at radius 2 is 1.68 bits per heavy atom. The molecule has 0 saturated heterocycles. The van der Waals surface area contributed by atoms with E-state index < -0.39 is 5.60 Å². The maximum atomic E-state index is 9.98. The molecular weight excluding hydrogens is 234 g/mol. The second-order valence-corrected chi connectivity index (χ2v) is 6.50. The third-order valence-electron chi connectivity index (χ3n) is 4.54. The van der Waals surface area contributed by atoms with Gasteiger partial charge in [-0.3, -0.25) is 0 Å². The van der Waals surface area contributed by atoms with Crippen molar-refractivity contribution in [2.75, 3.05) is 0 Å². The van der Waals surface area contributed by atoms with Crippen LogP contribution in [0.3, 0.4) is 0 Å². The van der Waals surface area contributed by atoms with Crippen molar-refractivity contribution in [2.24, 2.45) is 0 Å². The SMILES string of the molecule is CC(NC1CCC(c2ccccc2)CC1)C(C)(C)O. The summed E-state index contributed by atoms with van der Waals surface area (Å²) in [5.74, 6) is 0.719. The van der Waals surface area contributed by atoms with Crippen molar-refractivity contribution in [3.8, 4) is 0 Å². The van der Waals surface area contributed by atoms with Gasteiger partial charge >= 0.3 is 0 Å². The van der Waals surface area contributed by atoms with Crippen molar-refractivity contribution in [1.82, 2.24) is 5.32 Å². The van der Waals surface area contributed by atoms with E-state index in [1.807, 2.05) is 13.8 Å². The molecule has 1 aliphatic rings. The normalized spacial score (nSPS) is 26.1. The predicted octanol–water partition coefficient (Wildman–Crippen LogP) is 3.46. The van der Waals surface area contributed by atoms with Gasteiger partial charge in [-0.25, -0.2) is 0 Å². The molecule has 1 saturated carbocycles. The Morgan fingerprint density at radius 3 is 2.21 bits per heavy atom. The summed E-state index contributed by atoms with van der Waals surface area (Å²) < 4.78 is 0. The first kappa shape index (κ1) is 14.5. The largest absolute Gasteiger partial charge is 0.389 e. The van der Waals surface area contributed by atoms with E-state index in [2.05, 4.69) is 42.6 Å². The van der Waals surface area contributed by atoms with E-state index in [9.17, 15) is 5.11 Å². The molecule has 0 aromatic heterocycles. The average molecular weight is 261 g/mol. The number of aliphatic hydroxyl groups is 1. The smallest absolute Gasteiger partial charge is 0.0741 e. The highest BCUT2D eigenvalue weighted by atomic mass is 16.3. The van der Waals surface area contributed by atoms with Crippen LogP contribution in [0.25, 0.3) is 0 Å². The zero-order valence-electron chi connectivity index (χ0n) is 12.4. The predicted molar refractivity (Wildman–Crippen MR) is 80.3 cm³/mol. The average Bonchev–Trinajstić information content (AvgIpc) is 2.39. The van der Waals surface area contributed by atoms with Crippen molar-refractivity contribution in [1.29, 1.82) is 0 Å². The minimum Gasteiger partial charge on any atom is -0.389 e. The molecule has 1 unspecified atom stereocenters. The van der Waals surface area contributed by atoms with Crippen LogP contribution in [0.2, 0.25) is 0 Å². The Kier molecular flexibility index (Phi) is 4.64. The molecule has 0 heterocycles. The van der Waals surface area contributed by atoms with Crippen LogP contribution in [-0.2, 0) is 0 Å². The number of hydrogen-bond acceptors (Lipinski definition) is 2. The Labute approximate surface area is 117 Å². The molecular formula is C17H27NO. The van der Waals surface area contributed by atoms with Crippen LogP contribution in [0.1, 0.15) is 57.9 Å². The Morgan fingerprint density at radius 1 is 1.11 bits per heavy atom. The summed E-state index contributed by atoms with van der Waals surface area (Å²) in [4.78, 5) is 0. The van der Waals surface area contributed by atoms with Crippen LogP contribution in [0.4, 0.5) is 0 Å². The van der Waals surface area contributed by atoms with E-state index in [1.165, 1.54) is 31.2 Å². The maximum Gasteiger partial charge on any atom is 0.0741 e. The lowest BCUT2D eigenvalue weighted by Gasteiger charge is -2.35. The summed E-state index contributed by atoms with van der Waals surface area (Å²) in [6, 6.07) is 11.6. The summed E-state index contributed by atoms with van der Waals surface area (Å²) >= 11 is 0. The van der Waals surface area contributed by atoms with Crippen LogP contribution in [0.5, 0.6) is 0 Å². The lowest BCUT2D eigenvalue weighted by molar-refractivity contribution is 0.0374. The number of benzene rings is 1. The maximum absolute atomic E-state index is 9.98. The van der Waals surface area contributed by atoms with Crippen molar-refractivity contribution in [3.05, 3.63) is 35.9 Å². The van der Waals surface area contributed by atoms with Gasteiger partial charge in [-0.2, -0.15) is 0 Å². The van der Waals surface area contributed by atoms with Gasteiger partial charge < -0.3 is 10.4 Å². The molecule has 2 nitrogen and oxygen atoms in total. The summed E-state index contributed by atoms with van der Waals surface area (Å²) in [5, 5.41) is 13.6. The molecule has 1 aromatic rings. The summed E-state index contributed by atoms with van der Waals surface area (Å²) in [7, 11) is 0. The van der Waals surface area contributed by atoms with Crippen LogP contribution >= 0.6 is 0 Å². The van der Waals surface area contributed by atoms with Gasteiger partial charge in [-0.15, -0.1) is 0 Å². The van der Waals surface area contributed by atoms with Crippen molar-refractivity contribution in [2.45, 2.75) is 70.1 Å². The Bertz CT molecular complexity index is 374. The highest BCUT2D eigenvalue weighted by Gasteiger charge is 2.27. The third-order valence-corrected chi connectivity index (χ3v) is 4.54. The number of hydrogen-bond donors (Lipinski definition) is 2. The van der Waals surface area contributed by atoms with E-state index in [0.29, 0.717) is 6.04 Å². The topological polar surface area (TPSA) is 32.3 Å². The van der Waals surface area contributed by atoms with Gasteiger partial charge in [0.25, 0.3) is 0 Å². The van der Waals surface area contributed by atoms with Crippen LogP contribution in [0, 0.1) is 0 Å². The monoisotopic (exact) mass is 261 g/mol. The van der Waals surface area contributed by atoms with Gasteiger partial charge in [0, 0.05) is 12.1 Å². The fraction of sp³-hybridized carbons (Fsp3) is 0.647. The van der Waals surface area contributed by atoms with E-state index >= 15 is 0 Å². The molecule has 1 atom stereocenters. The fourth-order valence-electron chi connectivity index (χ4n) is 2.88. The molecule has 19 heavy (non-hydrogen) atoms. The number of nitrogens with one attached hydrogen (secondary N) is 1. The molecule has 0 radical (unpaired) electrons. The summed E-state index contributed by atoms with van der Waals surface area (Å²) in [6.07, 6.45) is 4.92. The quantitative estimate of drug-likeness (QED) is 0.870.